The summed E-state index contributed by atoms with van der Waals surface area (Å²) in [4.78, 5) is 23.8. The van der Waals surface area contributed by atoms with Crippen LogP contribution >= 0.6 is 58.0 Å². The van der Waals surface area contributed by atoms with Crippen LogP contribution in [0.1, 0.15) is 27.4 Å². The van der Waals surface area contributed by atoms with Crippen molar-refractivity contribution in [1.82, 2.24) is 0 Å². The number of carbonyl (C=O) groups is 2. The lowest BCUT2D eigenvalue weighted by atomic mass is 10.0. The minimum Gasteiger partial charge on any atom is -0.478 e. The van der Waals surface area contributed by atoms with Crippen LogP contribution in [0.25, 0.3) is 0 Å². The normalized spacial score (nSPS) is 20.4. The van der Waals surface area contributed by atoms with Gasteiger partial charge in [0.15, 0.2) is 0 Å². The lowest BCUT2D eigenvalue weighted by molar-refractivity contribution is -0.119. The Labute approximate surface area is 178 Å². The van der Waals surface area contributed by atoms with Gasteiger partial charge in [-0.05, 0) is 41.5 Å². The predicted octanol–water partition coefficient (Wildman–Crippen LogP) is 6.18. The zero-order valence-electron chi connectivity index (χ0n) is 13.3. The largest absolute Gasteiger partial charge is 0.478 e. The van der Waals surface area contributed by atoms with Crippen LogP contribution in [0, 0.1) is 11.7 Å². The van der Waals surface area contributed by atoms with Gasteiger partial charge in [-0.1, -0.05) is 34.8 Å². The van der Waals surface area contributed by atoms with Gasteiger partial charge >= 0.3 is 5.97 Å². The average molecular weight is 471 g/mol. The fourth-order valence-corrected chi connectivity index (χ4v) is 4.72. The second-order valence-corrected chi connectivity index (χ2v) is 8.92. The molecule has 3 nitrogen and oxygen atoms in total. The first-order valence-electron chi connectivity index (χ1n) is 7.60. The summed E-state index contributed by atoms with van der Waals surface area (Å²) >= 11 is 30.2. The summed E-state index contributed by atoms with van der Waals surface area (Å²) < 4.78 is 12.5. The van der Waals surface area contributed by atoms with Crippen LogP contribution in [-0.2, 0) is 11.2 Å². The van der Waals surface area contributed by atoms with E-state index in [4.69, 9.17) is 63.1 Å². The van der Waals surface area contributed by atoms with E-state index in [1.807, 2.05) is 0 Å². The zero-order chi connectivity index (χ0) is 20.1. The first kappa shape index (κ1) is 20.7. The van der Waals surface area contributed by atoms with Crippen LogP contribution in [0.3, 0.4) is 0 Å². The third-order valence-electron chi connectivity index (χ3n) is 4.34. The molecule has 1 N–H and O–H groups in total. The second kappa shape index (κ2) is 7.41. The third kappa shape index (κ3) is 4.06. The quantitative estimate of drug-likeness (QED) is 0.531. The molecule has 2 unspecified atom stereocenters. The summed E-state index contributed by atoms with van der Waals surface area (Å²) in [6.07, 6.45) is -0.245. The smallest absolute Gasteiger partial charge is 0.337 e. The number of alkyl halides is 2. The van der Waals surface area contributed by atoms with Gasteiger partial charge in [-0.2, -0.15) is 0 Å². The van der Waals surface area contributed by atoms with Crippen molar-refractivity contribution in [3.8, 4) is 0 Å². The van der Waals surface area contributed by atoms with Crippen molar-refractivity contribution in [2.24, 2.45) is 5.92 Å². The molecular weight excluding hydrogens is 460 g/mol. The molecule has 142 valence electrons. The van der Waals surface area contributed by atoms with E-state index in [9.17, 15) is 14.0 Å². The van der Waals surface area contributed by atoms with Crippen molar-refractivity contribution >= 4 is 69.8 Å². The van der Waals surface area contributed by atoms with E-state index < -0.39 is 38.5 Å². The fraction of sp³-hybridized carbons (Fsp3) is 0.222. The number of hydrogen-bond donors (Lipinski definition) is 1. The summed E-state index contributed by atoms with van der Waals surface area (Å²) in [7, 11) is 0. The Morgan fingerprint density at radius 2 is 1.63 bits per heavy atom. The molecule has 1 aliphatic rings. The molecule has 0 aliphatic heterocycles. The maximum atomic E-state index is 13.9. The molecule has 0 aromatic heterocycles. The molecule has 0 amide bonds. The molecule has 3 rings (SSSR count). The Morgan fingerprint density at radius 3 is 2.19 bits per heavy atom. The average Bonchev–Trinajstić information content (AvgIpc) is 3.12. The number of ketones is 1. The minimum absolute atomic E-state index is 0.165. The van der Waals surface area contributed by atoms with Gasteiger partial charge in [-0.15, -0.1) is 23.2 Å². The Bertz CT molecular complexity index is 940. The highest BCUT2D eigenvalue weighted by molar-refractivity contribution is 6.53. The Kier molecular flexibility index (Phi) is 5.68. The van der Waals surface area contributed by atoms with Gasteiger partial charge in [0.25, 0.3) is 0 Å². The van der Waals surface area contributed by atoms with Gasteiger partial charge in [0.05, 0.1) is 16.5 Å². The number of halogens is 6. The third-order valence-corrected chi connectivity index (χ3v) is 6.10. The summed E-state index contributed by atoms with van der Waals surface area (Å²) in [6.45, 7) is 0. The van der Waals surface area contributed by atoms with Crippen molar-refractivity contribution in [2.45, 2.75) is 16.7 Å². The number of benzene rings is 2. The molecule has 0 bridgehead atoms. The van der Waals surface area contributed by atoms with Crippen molar-refractivity contribution in [1.29, 1.82) is 0 Å². The van der Waals surface area contributed by atoms with Crippen molar-refractivity contribution in [3.05, 3.63) is 67.9 Å². The number of hydrogen-bond acceptors (Lipinski definition) is 2. The number of carbonyl (C=O) groups excluding carboxylic acids is 1. The molecule has 9 heteroatoms. The first-order valence-corrected chi connectivity index (χ1v) is 9.49. The van der Waals surface area contributed by atoms with Crippen molar-refractivity contribution in [2.75, 3.05) is 0 Å². The number of carboxylic acids is 1. The topological polar surface area (TPSA) is 54.4 Å². The minimum atomic E-state index is -1.39. The molecule has 1 aliphatic carbocycles. The Morgan fingerprint density at radius 1 is 1.04 bits per heavy atom. The van der Waals surface area contributed by atoms with E-state index >= 15 is 0 Å². The van der Waals surface area contributed by atoms with E-state index in [2.05, 4.69) is 0 Å². The standard InChI is InChI=1S/C18H10Cl5FO3/c19-9-4-8(5-10(20)6-9)14-15(18(14,22)23)13(25)3-7-1-11(17(26)27)16(21)12(24)2-7/h1-2,4-6,14-15H,3H2,(H,26,27). The van der Waals surface area contributed by atoms with E-state index in [-0.39, 0.29) is 17.8 Å². The highest BCUT2D eigenvalue weighted by atomic mass is 35.5. The van der Waals surface area contributed by atoms with Crippen LogP contribution in [0.5, 0.6) is 0 Å². The van der Waals surface area contributed by atoms with Crippen LogP contribution in [0.4, 0.5) is 4.39 Å². The summed E-state index contributed by atoms with van der Waals surface area (Å²) in [5, 5.41) is 9.34. The van der Waals surface area contributed by atoms with Crippen molar-refractivity contribution in [3.63, 3.8) is 0 Å². The molecule has 0 saturated heterocycles. The summed E-state index contributed by atoms with van der Waals surface area (Å²) in [5.41, 5.74) is 0.360. The van der Waals surface area contributed by atoms with Crippen LogP contribution < -0.4 is 0 Å². The molecule has 27 heavy (non-hydrogen) atoms. The summed E-state index contributed by atoms with van der Waals surface area (Å²) in [5.74, 6) is -3.96. The Balaban J connectivity index is 1.86. The molecule has 0 spiro atoms. The number of aromatic carboxylic acids is 1. The highest BCUT2D eigenvalue weighted by Crippen LogP contribution is 2.65. The number of Topliss-reactive ketones (excluding diaryl/α,β-unsaturated/α-hetero) is 1. The lowest BCUT2D eigenvalue weighted by Crippen LogP contribution is -2.11. The van der Waals surface area contributed by atoms with E-state index in [0.717, 1.165) is 12.1 Å². The molecule has 0 radical (unpaired) electrons. The molecule has 2 aromatic carbocycles. The first-order chi connectivity index (χ1) is 12.5. The predicted molar refractivity (Wildman–Crippen MR) is 104 cm³/mol. The van der Waals surface area contributed by atoms with Gasteiger partial charge in [0.2, 0.25) is 0 Å². The van der Waals surface area contributed by atoms with Gasteiger partial charge in [0, 0.05) is 22.4 Å². The number of carboxylic acid groups (broad SMARTS) is 1. The Hall–Kier alpha value is -1.04. The molecule has 1 saturated carbocycles. The molecule has 2 atom stereocenters. The number of rotatable bonds is 5. The van der Waals surface area contributed by atoms with Crippen LogP contribution in [0.2, 0.25) is 15.1 Å². The molecule has 2 aromatic rings. The zero-order valence-corrected chi connectivity index (χ0v) is 17.1. The van der Waals surface area contributed by atoms with Gasteiger partial charge < -0.3 is 5.11 Å². The van der Waals surface area contributed by atoms with E-state index in [0.29, 0.717) is 15.6 Å². The highest BCUT2D eigenvalue weighted by Gasteiger charge is 2.67. The monoisotopic (exact) mass is 468 g/mol. The van der Waals surface area contributed by atoms with Gasteiger partial charge in [-0.3, -0.25) is 4.79 Å². The van der Waals surface area contributed by atoms with Gasteiger partial charge in [0.1, 0.15) is 15.9 Å². The van der Waals surface area contributed by atoms with E-state index in [1.165, 1.54) is 0 Å². The maximum absolute atomic E-state index is 13.9. The van der Waals surface area contributed by atoms with E-state index in [1.54, 1.807) is 18.2 Å². The van der Waals surface area contributed by atoms with Crippen LogP contribution in [0.15, 0.2) is 30.3 Å². The van der Waals surface area contributed by atoms with Gasteiger partial charge in [-0.25, -0.2) is 9.18 Å². The second-order valence-electron chi connectivity index (χ2n) is 6.22. The van der Waals surface area contributed by atoms with Crippen molar-refractivity contribution < 1.29 is 19.1 Å². The maximum Gasteiger partial charge on any atom is 0.337 e. The SMILES string of the molecule is O=C(O)c1cc(CC(=O)C2C(c3cc(Cl)cc(Cl)c3)C2(Cl)Cl)cc(F)c1Cl. The van der Waals surface area contributed by atoms with Crippen LogP contribution in [-0.4, -0.2) is 21.2 Å². The molecule has 0 heterocycles. The summed E-state index contributed by atoms with van der Waals surface area (Å²) in [6, 6.07) is 6.96. The molecular formula is C18H10Cl5FO3. The molecule has 1 fully saturated rings. The fourth-order valence-electron chi connectivity index (χ4n) is 3.11. The lowest BCUT2D eigenvalue weighted by Gasteiger charge is -2.06.